The number of hydrogen-bond donors (Lipinski definition) is 2. The molecule has 0 aromatic heterocycles. The van der Waals surface area contributed by atoms with Gasteiger partial charge in [-0.3, -0.25) is 14.4 Å². The van der Waals surface area contributed by atoms with Gasteiger partial charge in [-0.2, -0.15) is 0 Å². The molecule has 3 saturated heterocycles. The smallest absolute Gasteiger partial charge is 0.309 e. The molecule has 8 nitrogen and oxygen atoms in total. The van der Waals surface area contributed by atoms with Crippen molar-refractivity contribution in [3.05, 3.63) is 23.8 Å². The van der Waals surface area contributed by atoms with Crippen molar-refractivity contribution in [2.45, 2.75) is 109 Å². The highest BCUT2D eigenvalue weighted by atomic mass is 16.7. The second-order valence-electron chi connectivity index (χ2n) is 13.5. The monoisotopic (exact) mass is 542 g/mol. The molecule has 3 heterocycles. The standard InChI is InChI=1S/C31H42O8/c1-7-29(35)15-14-19-20(13-12-18-10-9-11-21(32)27(18,19)5)30(36)24(33)23-26(4)16-22(38-25(34)17(26)3)28(6,37-8-2)31(23,29)39-30/h9-10,12,17,19-20,22-23,35-36H,7-8,11,13-16H2,1-6H3/t17-,19?,20?,22-,23?,26-,27+,28+,29+,30+,31+/m1/s1. The Balaban J connectivity index is 1.64. The summed E-state index contributed by atoms with van der Waals surface area (Å²) in [4.78, 5) is 41.6. The van der Waals surface area contributed by atoms with Gasteiger partial charge >= 0.3 is 5.97 Å². The van der Waals surface area contributed by atoms with E-state index in [1.165, 1.54) is 0 Å². The van der Waals surface area contributed by atoms with Gasteiger partial charge in [0.15, 0.2) is 5.78 Å². The van der Waals surface area contributed by atoms with E-state index in [1.807, 2.05) is 45.9 Å². The minimum atomic E-state index is -2.27. The van der Waals surface area contributed by atoms with Crippen LogP contribution in [0.4, 0.5) is 0 Å². The van der Waals surface area contributed by atoms with E-state index in [2.05, 4.69) is 0 Å². The molecule has 1 saturated carbocycles. The number of carbonyl (C=O) groups is 3. The summed E-state index contributed by atoms with van der Waals surface area (Å²) in [5, 5.41) is 25.4. The third-order valence-corrected chi connectivity index (χ3v) is 12.3. The topological polar surface area (TPSA) is 119 Å². The maximum Gasteiger partial charge on any atom is 0.309 e. The number of carbonyl (C=O) groups excluding carboxylic acids is 3. The molecule has 214 valence electrons. The van der Waals surface area contributed by atoms with E-state index in [0.717, 1.165) is 5.57 Å². The Kier molecular flexibility index (Phi) is 5.68. The number of allylic oxidation sites excluding steroid dienone is 4. The van der Waals surface area contributed by atoms with Gasteiger partial charge in [0.1, 0.15) is 23.1 Å². The first kappa shape index (κ1) is 27.3. The molecule has 39 heavy (non-hydrogen) atoms. The van der Waals surface area contributed by atoms with Crippen LogP contribution in [-0.4, -0.2) is 63.0 Å². The molecule has 4 bridgehead atoms. The molecule has 6 aliphatic rings. The number of Topliss-reactive ketones (excluding diaryl/α,β-unsaturated/α-hetero) is 2. The number of rotatable bonds is 3. The third kappa shape index (κ3) is 2.87. The van der Waals surface area contributed by atoms with E-state index in [0.29, 0.717) is 19.3 Å². The molecule has 3 aliphatic heterocycles. The number of ketones is 2. The highest BCUT2D eigenvalue weighted by Gasteiger charge is 2.86. The van der Waals surface area contributed by atoms with Crippen molar-refractivity contribution in [3.8, 4) is 0 Å². The molecule has 1 spiro atoms. The van der Waals surface area contributed by atoms with Crippen LogP contribution in [0.15, 0.2) is 23.8 Å². The van der Waals surface area contributed by atoms with E-state index in [-0.39, 0.29) is 31.7 Å². The van der Waals surface area contributed by atoms with Crippen molar-refractivity contribution in [1.82, 2.24) is 0 Å². The van der Waals surface area contributed by atoms with Gasteiger partial charge in [-0.15, -0.1) is 0 Å². The van der Waals surface area contributed by atoms with Crippen LogP contribution in [0.3, 0.4) is 0 Å². The van der Waals surface area contributed by atoms with Crippen molar-refractivity contribution >= 4 is 17.5 Å². The molecule has 0 radical (unpaired) electrons. The van der Waals surface area contributed by atoms with E-state index >= 15 is 0 Å². The molecular weight excluding hydrogens is 500 g/mol. The summed E-state index contributed by atoms with van der Waals surface area (Å²) >= 11 is 0. The lowest BCUT2D eigenvalue weighted by atomic mass is 9.45. The van der Waals surface area contributed by atoms with Gasteiger partial charge in [-0.1, -0.05) is 39.0 Å². The van der Waals surface area contributed by atoms with E-state index in [9.17, 15) is 24.6 Å². The Morgan fingerprint density at radius 1 is 1.10 bits per heavy atom. The zero-order valence-corrected chi connectivity index (χ0v) is 23.9. The third-order valence-electron chi connectivity index (χ3n) is 12.3. The lowest BCUT2D eigenvalue weighted by Crippen LogP contribution is -2.81. The summed E-state index contributed by atoms with van der Waals surface area (Å²) in [6.07, 6.45) is 6.93. The van der Waals surface area contributed by atoms with Crippen molar-refractivity contribution in [1.29, 1.82) is 0 Å². The average Bonchev–Trinajstić information content (AvgIpc) is 3.16. The van der Waals surface area contributed by atoms with Crippen LogP contribution in [0.25, 0.3) is 0 Å². The van der Waals surface area contributed by atoms with Crippen molar-refractivity contribution in [2.24, 2.45) is 34.5 Å². The van der Waals surface area contributed by atoms with Crippen molar-refractivity contribution in [2.75, 3.05) is 6.61 Å². The first-order chi connectivity index (χ1) is 18.2. The largest absolute Gasteiger partial charge is 0.459 e. The summed E-state index contributed by atoms with van der Waals surface area (Å²) in [6.45, 7) is 11.2. The number of fused-ring (bicyclic) bond motifs is 8. The molecule has 2 N–H and O–H groups in total. The van der Waals surface area contributed by atoms with Crippen LogP contribution in [0.5, 0.6) is 0 Å². The summed E-state index contributed by atoms with van der Waals surface area (Å²) in [6, 6.07) is 0. The summed E-state index contributed by atoms with van der Waals surface area (Å²) in [5.74, 6) is -5.94. The summed E-state index contributed by atoms with van der Waals surface area (Å²) in [7, 11) is 0. The van der Waals surface area contributed by atoms with Crippen LogP contribution < -0.4 is 0 Å². The van der Waals surface area contributed by atoms with Crippen molar-refractivity contribution in [3.63, 3.8) is 0 Å². The number of hydrogen-bond acceptors (Lipinski definition) is 8. The van der Waals surface area contributed by atoms with Gasteiger partial charge in [0.05, 0.1) is 22.9 Å². The molecule has 3 unspecified atom stereocenters. The van der Waals surface area contributed by atoms with Gasteiger partial charge < -0.3 is 24.4 Å². The first-order valence-electron chi connectivity index (χ1n) is 14.7. The first-order valence-corrected chi connectivity index (χ1v) is 14.7. The molecule has 0 amide bonds. The van der Waals surface area contributed by atoms with Gasteiger partial charge in [0.2, 0.25) is 5.79 Å². The van der Waals surface area contributed by atoms with Crippen LogP contribution >= 0.6 is 0 Å². The number of ether oxygens (including phenoxy) is 3. The molecule has 0 aromatic rings. The minimum Gasteiger partial charge on any atom is -0.459 e. The maximum atomic E-state index is 14.9. The minimum absolute atomic E-state index is 0.0438. The Bertz CT molecular complexity index is 1210. The molecule has 3 aliphatic carbocycles. The Hall–Kier alpha value is -1.87. The quantitative estimate of drug-likeness (QED) is 0.521. The zero-order chi connectivity index (χ0) is 28.4. The molecule has 8 heteroatoms. The van der Waals surface area contributed by atoms with Crippen LogP contribution in [0, 0.1) is 34.5 Å². The normalized spacial score (nSPS) is 54.1. The highest BCUT2D eigenvalue weighted by Crippen LogP contribution is 2.71. The molecule has 0 aromatic carbocycles. The van der Waals surface area contributed by atoms with E-state index < -0.39 is 74.9 Å². The van der Waals surface area contributed by atoms with Crippen LogP contribution in [-0.2, 0) is 28.6 Å². The highest BCUT2D eigenvalue weighted by molar-refractivity contribution is 5.95. The number of esters is 1. The Morgan fingerprint density at radius 2 is 1.82 bits per heavy atom. The van der Waals surface area contributed by atoms with Gasteiger partial charge in [-0.05, 0) is 69.8 Å². The van der Waals surface area contributed by atoms with E-state index in [4.69, 9.17) is 14.2 Å². The lowest BCUT2D eigenvalue weighted by Gasteiger charge is -2.67. The van der Waals surface area contributed by atoms with Crippen molar-refractivity contribution < 1.29 is 38.8 Å². The predicted molar refractivity (Wildman–Crippen MR) is 140 cm³/mol. The van der Waals surface area contributed by atoms with E-state index in [1.54, 1.807) is 13.8 Å². The fraction of sp³-hybridized carbons (Fsp3) is 0.774. The summed E-state index contributed by atoms with van der Waals surface area (Å²) < 4.78 is 19.3. The van der Waals surface area contributed by atoms with Crippen LogP contribution in [0.1, 0.15) is 80.1 Å². The fourth-order valence-electron chi connectivity index (χ4n) is 9.83. The average molecular weight is 543 g/mol. The molecule has 6 rings (SSSR count). The lowest BCUT2D eigenvalue weighted by molar-refractivity contribution is -0.388. The Labute approximate surface area is 230 Å². The summed E-state index contributed by atoms with van der Waals surface area (Å²) in [5.41, 5.74) is -5.63. The zero-order valence-electron chi connectivity index (χ0n) is 23.9. The predicted octanol–water partition coefficient (Wildman–Crippen LogP) is 3.43. The fourth-order valence-corrected chi connectivity index (χ4v) is 9.83. The molecule has 4 fully saturated rings. The van der Waals surface area contributed by atoms with Gasteiger partial charge in [0, 0.05) is 18.9 Å². The second kappa shape index (κ2) is 8.11. The number of aliphatic hydroxyl groups is 2. The van der Waals surface area contributed by atoms with Gasteiger partial charge in [-0.25, -0.2) is 0 Å². The Morgan fingerprint density at radius 3 is 2.49 bits per heavy atom. The maximum absolute atomic E-state index is 14.9. The SMILES string of the molecule is CCO[C@@]1(C)[C@H]2C[C@@](C)(C3C(=O)[C@@]4(O)O[C@@]31[C@](O)(CC)CCC1C4CC=C3C=CCC(=O)[C@@]31C)[C@H](C)C(=O)O2. The van der Waals surface area contributed by atoms with Crippen LogP contribution in [0.2, 0.25) is 0 Å². The molecule has 11 atom stereocenters. The second-order valence-corrected chi connectivity index (χ2v) is 13.5. The molecular formula is C31H42O8. The van der Waals surface area contributed by atoms with Gasteiger partial charge in [0.25, 0.3) is 0 Å².